The van der Waals surface area contributed by atoms with Crippen LogP contribution in [0.5, 0.6) is 5.75 Å². The number of benzene rings is 1. The predicted molar refractivity (Wildman–Crippen MR) is 67.4 cm³/mol. The molecule has 1 aliphatic heterocycles. The summed E-state index contributed by atoms with van der Waals surface area (Å²) in [5.41, 5.74) is 2.28. The molecule has 92 valence electrons. The van der Waals surface area contributed by atoms with Gasteiger partial charge in [-0.05, 0) is 44.7 Å². The number of rotatable bonds is 0. The fraction of sp³-hybridized carbons (Fsp3) is 0.600. The van der Waals surface area contributed by atoms with Gasteiger partial charge in [0.25, 0.3) is 0 Å². The van der Waals surface area contributed by atoms with Crippen molar-refractivity contribution in [2.24, 2.45) is 0 Å². The zero-order valence-corrected chi connectivity index (χ0v) is 10.8. The maximum Gasteiger partial charge on any atom is 0.133 e. The molecule has 3 rings (SSSR count). The van der Waals surface area contributed by atoms with Crippen LogP contribution in [0.4, 0.5) is 0 Å². The summed E-state index contributed by atoms with van der Waals surface area (Å²) < 4.78 is 6.10. The van der Waals surface area contributed by atoms with E-state index in [1.165, 1.54) is 11.1 Å². The lowest BCUT2D eigenvalue weighted by molar-refractivity contribution is -0.102. The lowest BCUT2D eigenvalue weighted by atomic mass is 9.62. The van der Waals surface area contributed by atoms with Crippen LogP contribution < -0.4 is 4.74 Å². The molecule has 2 bridgehead atoms. The predicted octanol–water partition coefficient (Wildman–Crippen LogP) is 2.95. The minimum absolute atomic E-state index is 0.162. The monoisotopic (exact) mass is 232 g/mol. The fourth-order valence-corrected chi connectivity index (χ4v) is 3.54. The molecular weight excluding hydrogens is 212 g/mol. The van der Waals surface area contributed by atoms with Crippen LogP contribution >= 0.6 is 0 Å². The van der Waals surface area contributed by atoms with E-state index in [1.54, 1.807) is 0 Å². The highest BCUT2D eigenvalue weighted by Gasteiger charge is 2.51. The zero-order valence-electron chi connectivity index (χ0n) is 10.8. The summed E-state index contributed by atoms with van der Waals surface area (Å²) in [7, 11) is 0. The van der Waals surface area contributed by atoms with Gasteiger partial charge in [0.1, 0.15) is 11.4 Å². The van der Waals surface area contributed by atoms with E-state index < -0.39 is 5.60 Å². The minimum Gasteiger partial charge on any atom is -0.485 e. The van der Waals surface area contributed by atoms with Gasteiger partial charge in [-0.2, -0.15) is 0 Å². The van der Waals surface area contributed by atoms with Crippen molar-refractivity contribution in [1.82, 2.24) is 0 Å². The standard InChI is InChI=1S/C15H20O2/c1-10-4-5-11-12(8-10)17-15(3)9-14(11,2)7-6-13(15)16/h4-5,8,13,16H,6-7,9H2,1-3H3/t13-,14?,15?/m0/s1. The summed E-state index contributed by atoms with van der Waals surface area (Å²) >= 11 is 0. The van der Waals surface area contributed by atoms with Crippen LogP contribution in [-0.4, -0.2) is 16.8 Å². The van der Waals surface area contributed by atoms with Crippen LogP contribution in [0.1, 0.15) is 44.2 Å². The molecule has 1 aromatic rings. The molecule has 17 heavy (non-hydrogen) atoms. The topological polar surface area (TPSA) is 29.5 Å². The van der Waals surface area contributed by atoms with Gasteiger partial charge >= 0.3 is 0 Å². The van der Waals surface area contributed by atoms with Crippen molar-refractivity contribution in [3.8, 4) is 5.75 Å². The summed E-state index contributed by atoms with van der Waals surface area (Å²) in [6, 6.07) is 6.45. The molecule has 1 saturated carbocycles. The first-order chi connectivity index (χ1) is 7.93. The van der Waals surface area contributed by atoms with E-state index in [0.717, 1.165) is 25.0 Å². The van der Waals surface area contributed by atoms with E-state index in [4.69, 9.17) is 4.74 Å². The Morgan fingerprint density at radius 3 is 2.88 bits per heavy atom. The Labute approximate surface area is 103 Å². The summed E-state index contributed by atoms with van der Waals surface area (Å²) in [6.45, 7) is 6.42. The van der Waals surface area contributed by atoms with E-state index in [2.05, 4.69) is 32.0 Å². The van der Waals surface area contributed by atoms with Gasteiger partial charge in [0.2, 0.25) is 0 Å². The average Bonchev–Trinajstić information content (AvgIpc) is 2.23. The Morgan fingerprint density at radius 2 is 2.12 bits per heavy atom. The summed E-state index contributed by atoms with van der Waals surface area (Å²) in [5, 5.41) is 10.2. The Hall–Kier alpha value is -1.02. The molecular formula is C15H20O2. The first kappa shape index (κ1) is 11.1. The molecule has 3 atom stereocenters. The van der Waals surface area contributed by atoms with Crippen LogP contribution in [0.25, 0.3) is 0 Å². The van der Waals surface area contributed by atoms with E-state index in [9.17, 15) is 5.11 Å². The summed E-state index contributed by atoms with van der Waals surface area (Å²) in [5.74, 6) is 0.972. The molecule has 2 heteroatoms. The third kappa shape index (κ3) is 1.50. The Kier molecular flexibility index (Phi) is 2.13. The molecule has 0 spiro atoms. The smallest absolute Gasteiger partial charge is 0.133 e. The van der Waals surface area contributed by atoms with Gasteiger partial charge in [0, 0.05) is 11.0 Å². The number of fused-ring (bicyclic) bond motifs is 4. The van der Waals surface area contributed by atoms with Crippen molar-refractivity contribution in [2.75, 3.05) is 0 Å². The Balaban J connectivity index is 2.16. The van der Waals surface area contributed by atoms with Crippen LogP contribution in [0, 0.1) is 6.92 Å². The van der Waals surface area contributed by atoms with Crippen molar-refractivity contribution in [2.45, 2.75) is 57.2 Å². The third-order valence-corrected chi connectivity index (χ3v) is 4.55. The maximum absolute atomic E-state index is 10.2. The van der Waals surface area contributed by atoms with Crippen LogP contribution in [0.15, 0.2) is 18.2 Å². The largest absolute Gasteiger partial charge is 0.485 e. The number of hydrogen-bond acceptors (Lipinski definition) is 2. The van der Waals surface area contributed by atoms with Gasteiger partial charge < -0.3 is 9.84 Å². The second-order valence-electron chi connectivity index (χ2n) is 6.21. The summed E-state index contributed by atoms with van der Waals surface area (Å²) in [6.07, 6.45) is 2.45. The van der Waals surface area contributed by atoms with Crippen molar-refractivity contribution >= 4 is 0 Å². The SMILES string of the molecule is Cc1ccc2c(c1)OC1(C)CC2(C)CC[C@@H]1O. The first-order valence-electron chi connectivity index (χ1n) is 6.41. The van der Waals surface area contributed by atoms with Gasteiger partial charge in [-0.3, -0.25) is 0 Å². The molecule has 1 aromatic carbocycles. The van der Waals surface area contributed by atoms with Gasteiger partial charge in [-0.15, -0.1) is 0 Å². The van der Waals surface area contributed by atoms with Gasteiger partial charge in [-0.25, -0.2) is 0 Å². The number of aryl methyl sites for hydroxylation is 1. The van der Waals surface area contributed by atoms with Gasteiger partial charge in [0.05, 0.1) is 6.10 Å². The second kappa shape index (κ2) is 3.26. The van der Waals surface area contributed by atoms with Gasteiger partial charge in [-0.1, -0.05) is 19.1 Å². The lowest BCUT2D eigenvalue weighted by Crippen LogP contribution is -2.56. The Bertz CT molecular complexity index is 468. The van der Waals surface area contributed by atoms with Crippen molar-refractivity contribution in [1.29, 1.82) is 0 Å². The molecule has 1 aliphatic carbocycles. The van der Waals surface area contributed by atoms with E-state index in [1.807, 2.05) is 6.92 Å². The number of aliphatic hydroxyl groups excluding tert-OH is 1. The first-order valence-corrected chi connectivity index (χ1v) is 6.41. The minimum atomic E-state index is -0.409. The molecule has 0 radical (unpaired) electrons. The van der Waals surface area contributed by atoms with Crippen molar-refractivity contribution in [3.63, 3.8) is 0 Å². The molecule has 2 unspecified atom stereocenters. The molecule has 1 fully saturated rings. The quantitative estimate of drug-likeness (QED) is 0.745. The van der Waals surface area contributed by atoms with E-state index in [-0.39, 0.29) is 11.5 Å². The molecule has 1 N–H and O–H groups in total. The molecule has 1 heterocycles. The summed E-state index contributed by atoms with van der Waals surface area (Å²) in [4.78, 5) is 0. The molecule has 2 nitrogen and oxygen atoms in total. The van der Waals surface area contributed by atoms with Crippen LogP contribution in [-0.2, 0) is 5.41 Å². The zero-order chi connectivity index (χ0) is 12.3. The molecule has 0 aromatic heterocycles. The fourth-order valence-electron chi connectivity index (χ4n) is 3.54. The highest BCUT2D eigenvalue weighted by molar-refractivity contribution is 5.45. The average molecular weight is 232 g/mol. The third-order valence-electron chi connectivity index (χ3n) is 4.55. The van der Waals surface area contributed by atoms with Crippen molar-refractivity contribution in [3.05, 3.63) is 29.3 Å². The van der Waals surface area contributed by atoms with E-state index in [0.29, 0.717) is 0 Å². The van der Waals surface area contributed by atoms with Gasteiger partial charge in [0.15, 0.2) is 0 Å². The van der Waals surface area contributed by atoms with Crippen LogP contribution in [0.3, 0.4) is 0 Å². The lowest BCUT2D eigenvalue weighted by Gasteiger charge is -2.52. The van der Waals surface area contributed by atoms with Crippen LogP contribution in [0.2, 0.25) is 0 Å². The Morgan fingerprint density at radius 1 is 1.35 bits per heavy atom. The highest BCUT2D eigenvalue weighted by Crippen LogP contribution is 2.52. The molecule has 0 saturated heterocycles. The molecule has 0 amide bonds. The van der Waals surface area contributed by atoms with E-state index >= 15 is 0 Å². The van der Waals surface area contributed by atoms with Crippen molar-refractivity contribution < 1.29 is 9.84 Å². The maximum atomic E-state index is 10.2. The number of aliphatic hydroxyl groups is 1. The number of ether oxygens (including phenoxy) is 1. The molecule has 2 aliphatic rings. The highest BCUT2D eigenvalue weighted by atomic mass is 16.5. The normalized spacial score (nSPS) is 39.4. The number of hydrogen-bond donors (Lipinski definition) is 1. The second-order valence-corrected chi connectivity index (χ2v) is 6.21.